The van der Waals surface area contributed by atoms with Crippen LogP contribution < -0.4 is 9.47 Å². The van der Waals surface area contributed by atoms with E-state index in [4.69, 9.17) is 19.6 Å². The van der Waals surface area contributed by atoms with Crippen LogP contribution in [-0.2, 0) is 9.59 Å². The number of benzene rings is 1. The van der Waals surface area contributed by atoms with Crippen molar-refractivity contribution in [1.29, 1.82) is 0 Å². The lowest BCUT2D eigenvalue weighted by molar-refractivity contribution is -0.139. The van der Waals surface area contributed by atoms with Gasteiger partial charge in [0.15, 0.2) is 23.3 Å². The minimum absolute atomic E-state index is 0.0339. The van der Waals surface area contributed by atoms with E-state index in [1.54, 1.807) is 6.07 Å². The number of carboxylic acids is 1. The number of thioether (sulfide) groups is 1. The maximum absolute atomic E-state index is 13.6. The van der Waals surface area contributed by atoms with Crippen LogP contribution in [0.1, 0.15) is 69.8 Å². The topological polar surface area (TPSA) is 88.4 Å². The SMILES string of the molecule is COc1cc(/C=C2\SC(=NC3CCCCC3)N(C3CCCCC3)C2=O)cc(I)c1OCC(=O)O. The number of rotatable bonds is 7. The standard InChI is InChI=1S/C25H31IN2O5S/c1-32-20-13-16(12-19(26)23(20)33-15-22(29)30)14-21-24(31)28(18-10-6-3-7-11-18)25(34-21)27-17-8-4-2-5-9-17/h12-14,17-18H,2-11,15H2,1H3,(H,29,30)/b21-14-,27-25?. The van der Waals surface area contributed by atoms with Crippen LogP contribution in [0.3, 0.4) is 0 Å². The third-order valence-electron chi connectivity index (χ3n) is 6.53. The Morgan fingerprint density at radius 1 is 1.18 bits per heavy atom. The number of carbonyl (C=O) groups is 2. The van der Waals surface area contributed by atoms with Gasteiger partial charge in [-0.2, -0.15) is 0 Å². The Morgan fingerprint density at radius 3 is 2.50 bits per heavy atom. The average molecular weight is 599 g/mol. The van der Waals surface area contributed by atoms with Crippen molar-refractivity contribution in [3.8, 4) is 11.5 Å². The summed E-state index contributed by atoms with van der Waals surface area (Å²) < 4.78 is 11.6. The van der Waals surface area contributed by atoms with Crippen molar-refractivity contribution in [2.24, 2.45) is 4.99 Å². The van der Waals surface area contributed by atoms with E-state index in [0.29, 0.717) is 22.4 Å². The second kappa shape index (κ2) is 11.8. The van der Waals surface area contributed by atoms with Crippen molar-refractivity contribution < 1.29 is 24.2 Å². The molecule has 1 aromatic carbocycles. The quantitative estimate of drug-likeness (QED) is 0.320. The van der Waals surface area contributed by atoms with Crippen LogP contribution in [0.15, 0.2) is 22.0 Å². The molecule has 0 unspecified atom stereocenters. The number of hydrogen-bond donors (Lipinski definition) is 1. The number of carboxylic acid groups (broad SMARTS) is 1. The van der Waals surface area contributed by atoms with Crippen LogP contribution in [0.5, 0.6) is 11.5 Å². The lowest BCUT2D eigenvalue weighted by atomic mass is 9.94. The highest BCUT2D eigenvalue weighted by atomic mass is 127. The van der Waals surface area contributed by atoms with Crippen molar-refractivity contribution in [2.45, 2.75) is 76.3 Å². The molecule has 1 saturated heterocycles. The molecular weight excluding hydrogens is 567 g/mol. The number of aliphatic carboxylic acids is 1. The summed E-state index contributed by atoms with van der Waals surface area (Å²) in [6.45, 7) is -0.446. The van der Waals surface area contributed by atoms with E-state index in [-0.39, 0.29) is 11.9 Å². The fraction of sp³-hybridized carbons (Fsp3) is 0.560. The fourth-order valence-electron chi connectivity index (χ4n) is 4.85. The number of amidine groups is 1. The first-order valence-corrected chi connectivity index (χ1v) is 13.9. The molecule has 3 fully saturated rings. The van der Waals surface area contributed by atoms with Gasteiger partial charge in [-0.15, -0.1) is 0 Å². The summed E-state index contributed by atoms with van der Waals surface area (Å²) in [4.78, 5) is 32.2. The number of methoxy groups -OCH3 is 1. The van der Waals surface area contributed by atoms with Crippen molar-refractivity contribution in [3.05, 3.63) is 26.2 Å². The molecule has 0 radical (unpaired) electrons. The van der Waals surface area contributed by atoms with Crippen molar-refractivity contribution >= 4 is 57.5 Å². The fourth-order valence-corrected chi connectivity index (χ4v) is 6.74. The number of carbonyl (C=O) groups excluding carboxylic acids is 1. The molecule has 1 N–H and O–H groups in total. The lowest BCUT2D eigenvalue weighted by Gasteiger charge is -2.31. The highest BCUT2D eigenvalue weighted by Crippen LogP contribution is 2.40. The van der Waals surface area contributed by atoms with Crippen LogP contribution in [0.2, 0.25) is 0 Å². The Labute approximate surface area is 218 Å². The predicted octanol–water partition coefficient (Wildman–Crippen LogP) is 5.70. The van der Waals surface area contributed by atoms with E-state index < -0.39 is 12.6 Å². The van der Waals surface area contributed by atoms with Gasteiger partial charge < -0.3 is 14.6 Å². The van der Waals surface area contributed by atoms with Gasteiger partial charge in [-0.3, -0.25) is 14.7 Å². The van der Waals surface area contributed by atoms with Crippen LogP contribution in [0.4, 0.5) is 0 Å². The minimum atomic E-state index is -1.05. The summed E-state index contributed by atoms with van der Waals surface area (Å²) in [7, 11) is 1.52. The molecule has 2 aliphatic carbocycles. The molecule has 3 aliphatic rings. The van der Waals surface area contributed by atoms with E-state index in [1.165, 1.54) is 44.6 Å². The number of nitrogens with zero attached hydrogens (tertiary/aromatic N) is 2. The zero-order valence-corrected chi connectivity index (χ0v) is 22.4. The second-order valence-electron chi connectivity index (χ2n) is 9.00. The number of aliphatic imine (C=N–C) groups is 1. The van der Waals surface area contributed by atoms with Gasteiger partial charge in [-0.05, 0) is 83.8 Å². The summed E-state index contributed by atoms with van der Waals surface area (Å²) in [5, 5.41) is 9.80. The molecule has 9 heteroatoms. The maximum Gasteiger partial charge on any atom is 0.341 e. The molecular formula is C25H31IN2O5S. The van der Waals surface area contributed by atoms with Crippen molar-refractivity contribution in [2.75, 3.05) is 13.7 Å². The van der Waals surface area contributed by atoms with E-state index in [1.807, 2.05) is 17.0 Å². The summed E-state index contributed by atoms with van der Waals surface area (Å²) in [6, 6.07) is 4.19. The molecule has 1 amide bonds. The maximum atomic E-state index is 13.6. The number of halogens is 1. The van der Waals surface area contributed by atoms with E-state index in [9.17, 15) is 9.59 Å². The summed E-state index contributed by atoms with van der Waals surface area (Å²) in [5.41, 5.74) is 0.808. The van der Waals surface area contributed by atoms with Gasteiger partial charge in [0.25, 0.3) is 5.91 Å². The third-order valence-corrected chi connectivity index (χ3v) is 8.33. The Bertz CT molecular complexity index is 984. The third kappa shape index (κ3) is 6.08. The van der Waals surface area contributed by atoms with E-state index in [0.717, 1.165) is 52.8 Å². The molecule has 4 rings (SSSR count). The summed E-state index contributed by atoms with van der Waals surface area (Å²) in [6.07, 6.45) is 13.4. The predicted molar refractivity (Wildman–Crippen MR) is 142 cm³/mol. The van der Waals surface area contributed by atoms with Crippen LogP contribution >= 0.6 is 34.4 Å². The monoisotopic (exact) mass is 598 g/mol. The molecule has 1 aromatic rings. The van der Waals surface area contributed by atoms with E-state index >= 15 is 0 Å². The van der Waals surface area contributed by atoms with Gasteiger partial charge in [0.1, 0.15) is 0 Å². The van der Waals surface area contributed by atoms with Gasteiger partial charge in [0, 0.05) is 6.04 Å². The molecule has 0 bridgehead atoms. The zero-order valence-electron chi connectivity index (χ0n) is 19.4. The average Bonchev–Trinajstić information content (AvgIpc) is 3.13. The van der Waals surface area contributed by atoms with Gasteiger partial charge >= 0.3 is 5.97 Å². The Balaban J connectivity index is 1.63. The zero-order chi connectivity index (χ0) is 24.1. The molecule has 7 nitrogen and oxygen atoms in total. The number of amides is 1. The van der Waals surface area contributed by atoms with Crippen LogP contribution in [0, 0.1) is 3.57 Å². The van der Waals surface area contributed by atoms with Crippen LogP contribution in [-0.4, -0.2) is 52.9 Å². The van der Waals surface area contributed by atoms with Gasteiger partial charge in [-0.25, -0.2) is 4.79 Å². The summed E-state index contributed by atoms with van der Waals surface area (Å²) in [5.74, 6) is -0.187. The normalized spacial score (nSPS) is 22.5. The van der Waals surface area contributed by atoms with Gasteiger partial charge in [0.2, 0.25) is 0 Å². The molecule has 34 heavy (non-hydrogen) atoms. The number of hydrogen-bond acceptors (Lipinski definition) is 6. The van der Waals surface area contributed by atoms with Gasteiger partial charge in [-0.1, -0.05) is 38.5 Å². The molecule has 0 aromatic heterocycles. The largest absolute Gasteiger partial charge is 0.493 e. The number of ether oxygens (including phenoxy) is 2. The van der Waals surface area contributed by atoms with Crippen LogP contribution in [0.25, 0.3) is 6.08 Å². The first-order valence-electron chi connectivity index (χ1n) is 12.0. The molecule has 1 heterocycles. The summed E-state index contributed by atoms with van der Waals surface area (Å²) >= 11 is 3.58. The molecule has 1 aliphatic heterocycles. The Morgan fingerprint density at radius 2 is 1.85 bits per heavy atom. The lowest BCUT2D eigenvalue weighted by Crippen LogP contribution is -2.41. The first kappa shape index (κ1) is 25.3. The highest BCUT2D eigenvalue weighted by molar-refractivity contribution is 14.1. The van der Waals surface area contributed by atoms with Crippen molar-refractivity contribution in [1.82, 2.24) is 4.90 Å². The first-order chi connectivity index (χ1) is 16.5. The minimum Gasteiger partial charge on any atom is -0.493 e. The molecule has 0 spiro atoms. The second-order valence-corrected chi connectivity index (χ2v) is 11.2. The Kier molecular flexibility index (Phi) is 8.79. The van der Waals surface area contributed by atoms with E-state index in [2.05, 4.69) is 22.6 Å². The smallest absolute Gasteiger partial charge is 0.341 e. The Hall–Kier alpha value is -1.75. The molecule has 2 saturated carbocycles. The van der Waals surface area contributed by atoms with Gasteiger partial charge in [0.05, 0.1) is 21.6 Å². The molecule has 0 atom stereocenters. The molecule has 184 valence electrons. The highest BCUT2D eigenvalue weighted by Gasteiger charge is 2.39. The van der Waals surface area contributed by atoms with Crippen molar-refractivity contribution in [3.63, 3.8) is 0 Å².